The Morgan fingerprint density at radius 3 is 2.85 bits per heavy atom. The van der Waals surface area contributed by atoms with Gasteiger partial charge in [0.2, 0.25) is 5.91 Å². The monoisotopic (exact) mass is 405 g/mol. The van der Waals surface area contributed by atoms with Gasteiger partial charge < -0.3 is 9.88 Å². The third-order valence-corrected chi connectivity index (χ3v) is 5.84. The average molecular weight is 406 g/mol. The van der Waals surface area contributed by atoms with Crippen molar-refractivity contribution in [2.45, 2.75) is 20.4 Å². The van der Waals surface area contributed by atoms with Gasteiger partial charge >= 0.3 is 0 Å². The number of nitrogens with zero attached hydrogens (tertiary/aromatic N) is 2. The van der Waals surface area contributed by atoms with Crippen molar-refractivity contribution in [3.05, 3.63) is 57.7 Å². The Morgan fingerprint density at radius 2 is 2.12 bits per heavy atom. The number of carbonyl (C=O) groups is 1. The standard InChI is InChI=1S/C19H20ClN3OS2/c1-12-8-15(17-10-26-19(21-17)22-18(24)11-25-3)13(2)23(12)9-14-6-4-5-7-16(14)20/h4-8,10H,9,11H2,1-3H3,(H,21,22,24). The molecule has 0 atom stereocenters. The summed E-state index contributed by atoms with van der Waals surface area (Å²) in [5, 5.41) is 6.23. The molecule has 7 heteroatoms. The van der Waals surface area contributed by atoms with Gasteiger partial charge in [0.15, 0.2) is 5.13 Å². The van der Waals surface area contributed by atoms with Crippen molar-refractivity contribution in [3.8, 4) is 11.3 Å². The minimum atomic E-state index is -0.0254. The fraction of sp³-hybridized carbons (Fsp3) is 0.263. The number of aryl methyl sites for hydroxylation is 1. The van der Waals surface area contributed by atoms with Crippen LogP contribution < -0.4 is 5.32 Å². The molecule has 0 saturated carbocycles. The van der Waals surface area contributed by atoms with E-state index in [1.807, 2.05) is 35.9 Å². The fourth-order valence-corrected chi connectivity index (χ4v) is 4.10. The van der Waals surface area contributed by atoms with Crippen molar-refractivity contribution in [1.82, 2.24) is 9.55 Å². The van der Waals surface area contributed by atoms with Crippen LogP contribution in [0.1, 0.15) is 17.0 Å². The molecule has 136 valence electrons. The van der Waals surface area contributed by atoms with Gasteiger partial charge in [-0.3, -0.25) is 4.79 Å². The van der Waals surface area contributed by atoms with Crippen LogP contribution >= 0.6 is 34.7 Å². The molecule has 0 fully saturated rings. The predicted octanol–water partition coefficient (Wildman–Crippen LogP) is 5.23. The summed E-state index contributed by atoms with van der Waals surface area (Å²) >= 11 is 9.25. The Bertz CT molecular complexity index is 933. The number of hydrogen-bond donors (Lipinski definition) is 1. The lowest BCUT2D eigenvalue weighted by molar-refractivity contribution is -0.113. The maximum atomic E-state index is 11.7. The molecular weight excluding hydrogens is 386 g/mol. The largest absolute Gasteiger partial charge is 0.344 e. The Kier molecular flexibility index (Phi) is 6.06. The summed E-state index contributed by atoms with van der Waals surface area (Å²) < 4.78 is 2.24. The highest BCUT2D eigenvalue weighted by atomic mass is 35.5. The molecule has 0 saturated heterocycles. The van der Waals surface area contributed by atoms with Crippen LogP contribution in [0.4, 0.5) is 5.13 Å². The number of anilines is 1. The molecule has 0 aliphatic rings. The van der Waals surface area contributed by atoms with Gasteiger partial charge in [0.25, 0.3) is 0 Å². The van der Waals surface area contributed by atoms with Crippen LogP contribution in [0.2, 0.25) is 5.02 Å². The molecule has 2 heterocycles. The van der Waals surface area contributed by atoms with E-state index in [1.165, 1.54) is 23.1 Å². The molecular formula is C19H20ClN3OS2. The van der Waals surface area contributed by atoms with E-state index < -0.39 is 0 Å². The summed E-state index contributed by atoms with van der Waals surface area (Å²) in [5.74, 6) is 0.406. The predicted molar refractivity (Wildman–Crippen MR) is 113 cm³/mol. The highest BCUT2D eigenvalue weighted by Gasteiger charge is 2.15. The smallest absolute Gasteiger partial charge is 0.236 e. The van der Waals surface area contributed by atoms with Crippen LogP contribution in [0.15, 0.2) is 35.7 Å². The van der Waals surface area contributed by atoms with Gasteiger partial charge in [0.05, 0.1) is 11.4 Å². The van der Waals surface area contributed by atoms with Crippen LogP contribution in [0.5, 0.6) is 0 Å². The minimum absolute atomic E-state index is 0.0254. The van der Waals surface area contributed by atoms with Crippen molar-refractivity contribution in [1.29, 1.82) is 0 Å². The molecule has 1 amide bonds. The normalized spacial score (nSPS) is 10.9. The Labute approximate surface area is 166 Å². The third-order valence-electron chi connectivity index (χ3n) is 4.16. The lowest BCUT2D eigenvalue weighted by atomic mass is 10.2. The van der Waals surface area contributed by atoms with E-state index in [1.54, 1.807) is 0 Å². The summed E-state index contributed by atoms with van der Waals surface area (Å²) in [7, 11) is 0. The molecule has 26 heavy (non-hydrogen) atoms. The number of carbonyl (C=O) groups excluding carboxylic acids is 1. The van der Waals surface area contributed by atoms with Crippen molar-refractivity contribution in [2.75, 3.05) is 17.3 Å². The van der Waals surface area contributed by atoms with E-state index in [9.17, 15) is 4.79 Å². The highest BCUT2D eigenvalue weighted by molar-refractivity contribution is 7.99. The lowest BCUT2D eigenvalue weighted by Crippen LogP contribution is -2.13. The number of amides is 1. The van der Waals surface area contributed by atoms with Gasteiger partial charge in [-0.2, -0.15) is 11.8 Å². The van der Waals surface area contributed by atoms with Crippen molar-refractivity contribution < 1.29 is 4.79 Å². The first-order chi connectivity index (χ1) is 12.5. The molecule has 0 spiro atoms. The zero-order chi connectivity index (χ0) is 18.7. The quantitative estimate of drug-likeness (QED) is 0.610. The maximum absolute atomic E-state index is 11.7. The minimum Gasteiger partial charge on any atom is -0.344 e. The van der Waals surface area contributed by atoms with Crippen molar-refractivity contribution in [2.24, 2.45) is 0 Å². The number of thiazole rings is 1. The molecule has 3 aromatic rings. The lowest BCUT2D eigenvalue weighted by Gasteiger charge is -2.11. The molecule has 0 radical (unpaired) electrons. The first-order valence-corrected chi connectivity index (χ1v) is 10.8. The van der Waals surface area contributed by atoms with Crippen LogP contribution in [0.25, 0.3) is 11.3 Å². The first-order valence-electron chi connectivity index (χ1n) is 8.14. The van der Waals surface area contributed by atoms with Crippen molar-refractivity contribution in [3.63, 3.8) is 0 Å². The molecule has 0 aliphatic heterocycles. The van der Waals surface area contributed by atoms with E-state index in [4.69, 9.17) is 11.6 Å². The zero-order valence-corrected chi connectivity index (χ0v) is 17.3. The Morgan fingerprint density at radius 1 is 1.35 bits per heavy atom. The number of nitrogens with one attached hydrogen (secondary N) is 1. The Hall–Kier alpha value is -1.76. The van der Waals surface area contributed by atoms with Gasteiger partial charge in [0, 0.05) is 33.9 Å². The summed E-state index contributed by atoms with van der Waals surface area (Å²) in [6, 6.07) is 10.0. The second-order valence-electron chi connectivity index (χ2n) is 5.98. The van der Waals surface area contributed by atoms with E-state index in [0.29, 0.717) is 10.9 Å². The Balaban J connectivity index is 1.85. The molecule has 1 aromatic carbocycles. The summed E-state index contributed by atoms with van der Waals surface area (Å²) in [5.41, 5.74) is 5.34. The average Bonchev–Trinajstić information content (AvgIpc) is 3.16. The van der Waals surface area contributed by atoms with Gasteiger partial charge in [-0.15, -0.1) is 11.3 Å². The molecule has 2 aromatic heterocycles. The number of benzene rings is 1. The molecule has 0 bridgehead atoms. The van der Waals surface area contributed by atoms with Gasteiger partial charge in [-0.1, -0.05) is 29.8 Å². The molecule has 4 nitrogen and oxygen atoms in total. The van der Waals surface area contributed by atoms with E-state index in [-0.39, 0.29) is 5.91 Å². The molecule has 1 N–H and O–H groups in total. The summed E-state index contributed by atoms with van der Waals surface area (Å²) in [6.07, 6.45) is 1.90. The number of hydrogen-bond acceptors (Lipinski definition) is 4. The van der Waals surface area contributed by atoms with Crippen LogP contribution in [0, 0.1) is 13.8 Å². The van der Waals surface area contributed by atoms with E-state index >= 15 is 0 Å². The topological polar surface area (TPSA) is 46.9 Å². The fourth-order valence-electron chi connectivity index (χ4n) is 2.84. The zero-order valence-electron chi connectivity index (χ0n) is 14.9. The van der Waals surface area contributed by atoms with Gasteiger partial charge in [-0.25, -0.2) is 4.98 Å². The van der Waals surface area contributed by atoms with E-state index in [0.717, 1.165) is 39.8 Å². The second-order valence-corrected chi connectivity index (χ2v) is 8.11. The number of thioether (sulfide) groups is 1. The maximum Gasteiger partial charge on any atom is 0.236 e. The number of aromatic nitrogens is 2. The van der Waals surface area contributed by atoms with Gasteiger partial charge in [-0.05, 0) is 37.8 Å². The van der Waals surface area contributed by atoms with E-state index in [2.05, 4.69) is 34.8 Å². The van der Waals surface area contributed by atoms with Crippen molar-refractivity contribution >= 4 is 45.7 Å². The third kappa shape index (κ3) is 4.14. The van der Waals surface area contributed by atoms with Crippen LogP contribution in [0.3, 0.4) is 0 Å². The highest BCUT2D eigenvalue weighted by Crippen LogP contribution is 2.31. The molecule has 0 unspecified atom stereocenters. The SMILES string of the molecule is CSCC(=O)Nc1nc(-c2cc(C)n(Cc3ccccc3Cl)c2C)cs1. The number of halogens is 1. The molecule has 3 rings (SSSR count). The number of rotatable bonds is 6. The first kappa shape index (κ1) is 19.0. The van der Waals surface area contributed by atoms with Crippen LogP contribution in [-0.4, -0.2) is 27.5 Å². The van der Waals surface area contributed by atoms with Gasteiger partial charge in [0.1, 0.15) is 0 Å². The van der Waals surface area contributed by atoms with Crippen LogP contribution in [-0.2, 0) is 11.3 Å². The summed E-state index contributed by atoms with van der Waals surface area (Å²) in [6.45, 7) is 4.89. The summed E-state index contributed by atoms with van der Waals surface area (Å²) in [4.78, 5) is 16.3. The second kappa shape index (κ2) is 8.29. The molecule has 0 aliphatic carbocycles.